The fourth-order valence-corrected chi connectivity index (χ4v) is 3.16. The largest absolute Gasteiger partial charge is 0.439 e. The molecular weight excluding hydrogens is 388 g/mol. The second-order valence-electron chi connectivity index (χ2n) is 6.76. The molecule has 0 aromatic heterocycles. The van der Waals surface area contributed by atoms with Gasteiger partial charge in [0.15, 0.2) is 17.3 Å². The van der Waals surface area contributed by atoms with Gasteiger partial charge in [0, 0.05) is 20.5 Å². The van der Waals surface area contributed by atoms with E-state index < -0.39 is 59.1 Å². The number of hydrogen-bond donors (Lipinski definition) is 3. The maximum Gasteiger partial charge on any atom is 0.304 e. The molecule has 0 aromatic rings. The van der Waals surface area contributed by atoms with Gasteiger partial charge in [-0.2, -0.15) is 0 Å². The van der Waals surface area contributed by atoms with Crippen LogP contribution in [0.3, 0.4) is 0 Å². The molecular formula is C19H30O10. The molecule has 0 rings (SSSR count). The van der Waals surface area contributed by atoms with Crippen molar-refractivity contribution < 1.29 is 48.8 Å². The Morgan fingerprint density at radius 1 is 0.931 bits per heavy atom. The Kier molecular flexibility index (Phi) is 10.5. The maximum absolute atomic E-state index is 12.9. The summed E-state index contributed by atoms with van der Waals surface area (Å²) < 4.78 is 10.5. The van der Waals surface area contributed by atoms with Crippen molar-refractivity contribution in [3.8, 4) is 0 Å². The molecule has 0 spiro atoms. The Morgan fingerprint density at radius 2 is 1.48 bits per heavy atom. The van der Waals surface area contributed by atoms with Crippen molar-refractivity contribution in [2.45, 2.75) is 77.3 Å². The molecule has 0 aliphatic rings. The van der Waals surface area contributed by atoms with Gasteiger partial charge in [-0.25, -0.2) is 0 Å². The predicted molar refractivity (Wildman–Crippen MR) is 98.9 cm³/mol. The quantitative estimate of drug-likeness (QED) is 0.142. The first kappa shape index (κ1) is 27.0. The SMILES string of the molecule is CCCCCOC(C(C)=O)(C(O)C(O)CO)[C@](OC(C)=O)(C(C)=O)C(=O)C(C)=O. The number of aliphatic hydroxyl groups excluding tert-OH is 3. The average Bonchev–Trinajstić information content (AvgIpc) is 2.64. The van der Waals surface area contributed by atoms with Crippen LogP contribution in [0, 0.1) is 0 Å². The summed E-state index contributed by atoms with van der Waals surface area (Å²) in [6, 6.07) is 0. The molecule has 0 saturated heterocycles. The summed E-state index contributed by atoms with van der Waals surface area (Å²) in [5.41, 5.74) is -6.14. The van der Waals surface area contributed by atoms with Crippen LogP contribution < -0.4 is 0 Å². The summed E-state index contributed by atoms with van der Waals surface area (Å²) in [4.78, 5) is 62.0. The lowest BCUT2D eigenvalue weighted by molar-refractivity contribution is -0.239. The fourth-order valence-electron chi connectivity index (χ4n) is 3.16. The van der Waals surface area contributed by atoms with Crippen LogP contribution in [0.5, 0.6) is 0 Å². The standard InChI is InChI=1S/C19H30O10/c1-6-7-8-9-28-18(12(3)22,17(27)15(25)10-20)19(13(4)23,29-14(5)24)16(26)11(2)21/h15,17,20,25,27H,6-10H2,1-5H3/t15?,17?,18?,19-/m0/s1. The number of ketones is 4. The van der Waals surface area contributed by atoms with E-state index in [1.165, 1.54) is 0 Å². The smallest absolute Gasteiger partial charge is 0.304 e. The summed E-state index contributed by atoms with van der Waals surface area (Å²) in [5, 5.41) is 30.0. The van der Waals surface area contributed by atoms with Crippen molar-refractivity contribution in [2.75, 3.05) is 13.2 Å². The number of rotatable bonds is 14. The molecule has 0 heterocycles. The second-order valence-corrected chi connectivity index (χ2v) is 6.76. The highest BCUT2D eigenvalue weighted by Crippen LogP contribution is 2.39. The minimum atomic E-state index is -3.18. The van der Waals surface area contributed by atoms with Gasteiger partial charge in [-0.15, -0.1) is 0 Å². The van der Waals surface area contributed by atoms with E-state index in [-0.39, 0.29) is 6.61 Å². The predicted octanol–water partition coefficient (Wildman–Crippen LogP) is -0.716. The number of hydrogen-bond acceptors (Lipinski definition) is 10. The fraction of sp³-hybridized carbons (Fsp3) is 0.737. The molecule has 0 radical (unpaired) electrons. The number of carbonyl (C=O) groups is 5. The van der Waals surface area contributed by atoms with E-state index >= 15 is 0 Å². The van der Waals surface area contributed by atoms with Crippen molar-refractivity contribution >= 4 is 29.1 Å². The van der Waals surface area contributed by atoms with Crippen LogP contribution in [-0.2, 0) is 33.4 Å². The van der Waals surface area contributed by atoms with Gasteiger partial charge in [-0.1, -0.05) is 19.8 Å². The van der Waals surface area contributed by atoms with Gasteiger partial charge in [0.2, 0.25) is 5.60 Å². The highest BCUT2D eigenvalue weighted by Gasteiger charge is 2.71. The molecule has 0 aliphatic heterocycles. The Morgan fingerprint density at radius 3 is 1.83 bits per heavy atom. The van der Waals surface area contributed by atoms with Gasteiger partial charge in [0.25, 0.3) is 11.4 Å². The van der Waals surface area contributed by atoms with E-state index in [0.717, 1.165) is 34.1 Å². The highest BCUT2D eigenvalue weighted by atomic mass is 16.6. The zero-order valence-corrected chi connectivity index (χ0v) is 17.4. The first-order valence-corrected chi connectivity index (χ1v) is 9.24. The van der Waals surface area contributed by atoms with Crippen LogP contribution in [0.2, 0.25) is 0 Å². The first-order chi connectivity index (χ1) is 13.4. The van der Waals surface area contributed by atoms with Crippen LogP contribution in [0.1, 0.15) is 53.9 Å². The lowest BCUT2D eigenvalue weighted by Gasteiger charge is -2.47. The highest BCUT2D eigenvalue weighted by molar-refractivity contribution is 6.45. The molecule has 3 N–H and O–H groups in total. The lowest BCUT2D eigenvalue weighted by Crippen LogP contribution is -2.77. The third kappa shape index (κ3) is 5.33. The van der Waals surface area contributed by atoms with Crippen molar-refractivity contribution in [2.24, 2.45) is 0 Å². The topological polar surface area (TPSA) is 164 Å². The van der Waals surface area contributed by atoms with Crippen molar-refractivity contribution in [3.05, 3.63) is 0 Å². The van der Waals surface area contributed by atoms with E-state index in [1.807, 2.05) is 6.92 Å². The molecule has 0 aromatic carbocycles. The van der Waals surface area contributed by atoms with Gasteiger partial charge >= 0.3 is 5.97 Å². The molecule has 0 fully saturated rings. The number of carbonyl (C=O) groups excluding carboxylic acids is 5. The molecule has 0 aliphatic carbocycles. The van der Waals surface area contributed by atoms with Gasteiger partial charge in [0.1, 0.15) is 12.2 Å². The molecule has 10 nitrogen and oxygen atoms in total. The molecule has 166 valence electrons. The zero-order valence-electron chi connectivity index (χ0n) is 17.4. The van der Waals surface area contributed by atoms with Crippen molar-refractivity contribution in [1.82, 2.24) is 0 Å². The third-order valence-corrected chi connectivity index (χ3v) is 4.52. The number of unbranched alkanes of at least 4 members (excludes halogenated alkanes) is 2. The Labute approximate surface area is 169 Å². The van der Waals surface area contributed by atoms with Crippen LogP contribution >= 0.6 is 0 Å². The average molecular weight is 418 g/mol. The minimum absolute atomic E-state index is 0.274. The zero-order chi connectivity index (χ0) is 23.0. The maximum atomic E-state index is 12.9. The van der Waals surface area contributed by atoms with E-state index in [2.05, 4.69) is 0 Å². The van der Waals surface area contributed by atoms with Crippen molar-refractivity contribution in [1.29, 1.82) is 0 Å². The Balaban J connectivity index is 7.08. The normalized spacial score (nSPS) is 17.4. The van der Waals surface area contributed by atoms with Crippen LogP contribution in [0.25, 0.3) is 0 Å². The lowest BCUT2D eigenvalue weighted by atomic mass is 9.68. The molecule has 29 heavy (non-hydrogen) atoms. The van der Waals surface area contributed by atoms with Gasteiger partial charge in [-0.05, 0) is 20.3 Å². The number of ether oxygens (including phenoxy) is 2. The molecule has 0 saturated carbocycles. The number of esters is 1. The van der Waals surface area contributed by atoms with Crippen LogP contribution in [0.4, 0.5) is 0 Å². The summed E-state index contributed by atoms with van der Waals surface area (Å²) in [6.45, 7) is 3.79. The van der Waals surface area contributed by atoms with E-state index in [1.54, 1.807) is 0 Å². The minimum Gasteiger partial charge on any atom is -0.439 e. The summed E-state index contributed by atoms with van der Waals surface area (Å²) in [7, 11) is 0. The summed E-state index contributed by atoms with van der Waals surface area (Å²) in [5.74, 6) is -6.46. The number of aliphatic hydroxyl groups is 3. The van der Waals surface area contributed by atoms with E-state index in [9.17, 15) is 39.3 Å². The summed E-state index contributed by atoms with van der Waals surface area (Å²) in [6.07, 6.45) is -2.74. The third-order valence-electron chi connectivity index (χ3n) is 4.52. The summed E-state index contributed by atoms with van der Waals surface area (Å²) >= 11 is 0. The van der Waals surface area contributed by atoms with E-state index in [0.29, 0.717) is 12.8 Å². The molecule has 3 unspecified atom stereocenters. The first-order valence-electron chi connectivity index (χ1n) is 9.24. The van der Waals surface area contributed by atoms with Gasteiger partial charge < -0.3 is 24.8 Å². The second kappa shape index (κ2) is 11.2. The molecule has 0 amide bonds. The van der Waals surface area contributed by atoms with Crippen LogP contribution in [0.15, 0.2) is 0 Å². The monoisotopic (exact) mass is 418 g/mol. The van der Waals surface area contributed by atoms with Gasteiger partial charge in [0.05, 0.1) is 6.61 Å². The molecule has 4 atom stereocenters. The Bertz CT molecular complexity index is 643. The van der Waals surface area contributed by atoms with Gasteiger partial charge in [-0.3, -0.25) is 24.0 Å². The number of Topliss-reactive ketones (excluding diaryl/α,β-unsaturated/α-hetero) is 4. The molecule has 0 bridgehead atoms. The van der Waals surface area contributed by atoms with E-state index in [4.69, 9.17) is 9.47 Å². The Hall–Kier alpha value is -2.01. The molecule has 10 heteroatoms. The van der Waals surface area contributed by atoms with Crippen LogP contribution in [-0.4, -0.2) is 81.0 Å². The van der Waals surface area contributed by atoms with Crippen molar-refractivity contribution in [3.63, 3.8) is 0 Å².